The van der Waals surface area contributed by atoms with Gasteiger partial charge in [0.05, 0.1) is 0 Å². The first-order valence-electron chi connectivity index (χ1n) is 8.68. The van der Waals surface area contributed by atoms with E-state index in [1.54, 1.807) is 18.9 Å². The highest BCUT2D eigenvalue weighted by Gasteiger charge is 2.18. The molecule has 1 aromatic rings. The van der Waals surface area contributed by atoms with Crippen molar-refractivity contribution in [1.29, 1.82) is 0 Å². The van der Waals surface area contributed by atoms with Crippen molar-refractivity contribution in [2.24, 2.45) is 0 Å². The fourth-order valence-electron chi connectivity index (χ4n) is 2.84. The summed E-state index contributed by atoms with van der Waals surface area (Å²) in [5.74, 6) is -0.102. The van der Waals surface area contributed by atoms with Crippen LogP contribution in [0.2, 0.25) is 0 Å². The van der Waals surface area contributed by atoms with Crippen molar-refractivity contribution >= 4 is 23.3 Å². The highest BCUT2D eigenvalue weighted by atomic mass is 16.2. The number of amides is 3. The van der Waals surface area contributed by atoms with E-state index in [1.165, 1.54) is 19.3 Å². The molecule has 1 atom stereocenters. The number of anilines is 2. The minimum absolute atomic E-state index is 0.102. The fraction of sp³-hybridized carbons (Fsp3) is 0.556. The van der Waals surface area contributed by atoms with Crippen LogP contribution in [0.25, 0.3) is 0 Å². The Labute approximate surface area is 144 Å². The normalized spacial score (nSPS) is 15.5. The van der Waals surface area contributed by atoms with Crippen LogP contribution in [0.4, 0.5) is 16.2 Å². The lowest BCUT2D eigenvalue weighted by molar-refractivity contribution is -0.131. The fourth-order valence-corrected chi connectivity index (χ4v) is 2.84. The number of urea groups is 1. The molecule has 2 rings (SSSR count). The number of likely N-dealkylation sites (N-methyl/N-ethyl adjacent to an activating group) is 1. The van der Waals surface area contributed by atoms with Crippen LogP contribution in [0, 0.1) is 0 Å². The Morgan fingerprint density at radius 2 is 1.96 bits per heavy atom. The van der Waals surface area contributed by atoms with Crippen LogP contribution in [0.15, 0.2) is 24.3 Å². The van der Waals surface area contributed by atoms with Crippen LogP contribution in [0.1, 0.15) is 33.1 Å². The van der Waals surface area contributed by atoms with Gasteiger partial charge in [0.25, 0.3) is 0 Å². The number of hydrogen-bond donors (Lipinski definition) is 2. The van der Waals surface area contributed by atoms with E-state index in [0.717, 1.165) is 24.5 Å². The predicted octanol–water partition coefficient (Wildman–Crippen LogP) is 2.67. The second-order valence-electron chi connectivity index (χ2n) is 6.27. The van der Waals surface area contributed by atoms with E-state index >= 15 is 0 Å². The van der Waals surface area contributed by atoms with Crippen LogP contribution in [-0.2, 0) is 4.79 Å². The van der Waals surface area contributed by atoms with Gasteiger partial charge in [-0.1, -0.05) is 6.07 Å². The van der Waals surface area contributed by atoms with E-state index in [0.29, 0.717) is 6.54 Å². The van der Waals surface area contributed by atoms with E-state index in [-0.39, 0.29) is 11.9 Å². The molecule has 6 nitrogen and oxygen atoms in total. The second-order valence-corrected chi connectivity index (χ2v) is 6.27. The summed E-state index contributed by atoms with van der Waals surface area (Å²) >= 11 is 0. The maximum Gasteiger partial charge on any atom is 0.319 e. The van der Waals surface area contributed by atoms with Gasteiger partial charge in [0.2, 0.25) is 5.91 Å². The number of nitrogens with one attached hydrogen (secondary N) is 2. The maximum atomic E-state index is 12.1. The van der Waals surface area contributed by atoms with Crippen molar-refractivity contribution in [3.05, 3.63) is 24.3 Å². The molecule has 0 radical (unpaired) electrons. The SMILES string of the molecule is CCN(C)C(=O)[C@@H](C)NC(=O)Nc1cccc(N2CCCCC2)c1. The van der Waals surface area contributed by atoms with Gasteiger partial charge in [0.15, 0.2) is 0 Å². The Morgan fingerprint density at radius 3 is 2.62 bits per heavy atom. The maximum absolute atomic E-state index is 12.1. The molecular formula is C18H28N4O2. The number of nitrogens with zero attached hydrogens (tertiary/aromatic N) is 2. The molecule has 0 bridgehead atoms. The molecule has 1 fully saturated rings. The Kier molecular flexibility index (Phi) is 6.46. The Bertz CT molecular complexity index is 570. The lowest BCUT2D eigenvalue weighted by atomic mass is 10.1. The molecule has 24 heavy (non-hydrogen) atoms. The summed E-state index contributed by atoms with van der Waals surface area (Å²) in [5.41, 5.74) is 1.86. The average Bonchev–Trinajstić information content (AvgIpc) is 2.61. The Morgan fingerprint density at radius 1 is 1.25 bits per heavy atom. The molecule has 1 aliphatic heterocycles. The van der Waals surface area contributed by atoms with Crippen LogP contribution in [0.5, 0.6) is 0 Å². The lowest BCUT2D eigenvalue weighted by Gasteiger charge is -2.29. The Hall–Kier alpha value is -2.24. The van der Waals surface area contributed by atoms with Gasteiger partial charge in [-0.3, -0.25) is 4.79 Å². The first-order valence-corrected chi connectivity index (χ1v) is 8.68. The third-order valence-electron chi connectivity index (χ3n) is 4.39. The minimum atomic E-state index is -0.555. The van der Waals surface area contributed by atoms with Crippen LogP contribution >= 0.6 is 0 Å². The molecule has 1 aliphatic rings. The zero-order chi connectivity index (χ0) is 17.5. The summed E-state index contributed by atoms with van der Waals surface area (Å²) < 4.78 is 0. The van der Waals surface area contributed by atoms with Gasteiger partial charge in [-0.25, -0.2) is 4.79 Å². The molecule has 3 amide bonds. The van der Waals surface area contributed by atoms with Crippen molar-refractivity contribution in [2.75, 3.05) is 36.9 Å². The lowest BCUT2D eigenvalue weighted by Crippen LogP contribution is -2.46. The number of piperidine rings is 1. The van der Waals surface area contributed by atoms with Crippen LogP contribution in [0.3, 0.4) is 0 Å². The molecule has 0 unspecified atom stereocenters. The van der Waals surface area contributed by atoms with Gasteiger partial charge in [0.1, 0.15) is 6.04 Å². The molecule has 2 N–H and O–H groups in total. The van der Waals surface area contributed by atoms with E-state index < -0.39 is 6.04 Å². The van der Waals surface area contributed by atoms with Crippen molar-refractivity contribution in [3.8, 4) is 0 Å². The summed E-state index contributed by atoms with van der Waals surface area (Å²) in [7, 11) is 1.72. The molecule has 0 aliphatic carbocycles. The minimum Gasteiger partial charge on any atom is -0.371 e. The average molecular weight is 332 g/mol. The van der Waals surface area contributed by atoms with Crippen LogP contribution < -0.4 is 15.5 Å². The quantitative estimate of drug-likeness (QED) is 0.871. The molecule has 0 spiro atoms. The second kappa shape index (κ2) is 8.57. The number of rotatable bonds is 5. The molecule has 1 heterocycles. The highest BCUT2D eigenvalue weighted by Crippen LogP contribution is 2.22. The predicted molar refractivity (Wildman–Crippen MR) is 97.4 cm³/mol. The number of hydrogen-bond acceptors (Lipinski definition) is 3. The molecule has 0 saturated carbocycles. The third kappa shape index (κ3) is 4.88. The molecule has 1 aromatic carbocycles. The van der Waals surface area contributed by atoms with E-state index in [2.05, 4.69) is 21.6 Å². The van der Waals surface area contributed by atoms with Gasteiger partial charge in [-0.05, 0) is 51.3 Å². The van der Waals surface area contributed by atoms with Crippen molar-refractivity contribution in [2.45, 2.75) is 39.2 Å². The van der Waals surface area contributed by atoms with Gasteiger partial charge >= 0.3 is 6.03 Å². The summed E-state index contributed by atoms with van der Waals surface area (Å²) in [4.78, 5) is 28.0. The van der Waals surface area contributed by atoms with Crippen LogP contribution in [-0.4, -0.2) is 49.6 Å². The first kappa shape index (κ1) is 18.1. The molecule has 6 heteroatoms. The van der Waals surface area contributed by atoms with Gasteiger partial charge < -0.3 is 20.4 Å². The van der Waals surface area contributed by atoms with Crippen molar-refractivity contribution < 1.29 is 9.59 Å². The summed E-state index contributed by atoms with van der Waals surface area (Å²) in [6, 6.07) is 6.93. The van der Waals surface area contributed by atoms with Gasteiger partial charge in [-0.2, -0.15) is 0 Å². The first-order chi connectivity index (χ1) is 11.5. The van der Waals surface area contributed by atoms with Gasteiger partial charge in [0, 0.05) is 38.1 Å². The summed E-state index contributed by atoms with van der Waals surface area (Å²) in [6.45, 7) is 6.33. The number of carbonyl (C=O) groups excluding carboxylic acids is 2. The largest absolute Gasteiger partial charge is 0.371 e. The topological polar surface area (TPSA) is 64.7 Å². The summed E-state index contributed by atoms with van der Waals surface area (Å²) in [6.07, 6.45) is 3.71. The van der Waals surface area contributed by atoms with Crippen molar-refractivity contribution in [3.63, 3.8) is 0 Å². The smallest absolute Gasteiger partial charge is 0.319 e. The van der Waals surface area contributed by atoms with E-state index in [9.17, 15) is 9.59 Å². The third-order valence-corrected chi connectivity index (χ3v) is 4.39. The standard InChI is InChI=1S/C18H28N4O2/c1-4-21(3)17(23)14(2)19-18(24)20-15-9-8-10-16(13-15)22-11-6-5-7-12-22/h8-10,13-14H,4-7,11-12H2,1-3H3,(H2,19,20,24)/t14-/m1/s1. The molecule has 1 saturated heterocycles. The van der Waals surface area contributed by atoms with E-state index in [1.807, 2.05) is 25.1 Å². The monoisotopic (exact) mass is 332 g/mol. The molecule has 132 valence electrons. The zero-order valence-corrected chi connectivity index (χ0v) is 14.8. The number of carbonyl (C=O) groups is 2. The zero-order valence-electron chi connectivity index (χ0n) is 14.8. The van der Waals surface area contributed by atoms with E-state index in [4.69, 9.17) is 0 Å². The molecule has 0 aromatic heterocycles. The number of benzene rings is 1. The highest BCUT2D eigenvalue weighted by molar-refractivity contribution is 5.93. The van der Waals surface area contributed by atoms with Crippen molar-refractivity contribution in [1.82, 2.24) is 10.2 Å². The summed E-state index contributed by atoms with van der Waals surface area (Å²) in [5, 5.41) is 5.50. The molecular weight excluding hydrogens is 304 g/mol. The van der Waals surface area contributed by atoms with Gasteiger partial charge in [-0.15, -0.1) is 0 Å². The Balaban J connectivity index is 1.93.